The third kappa shape index (κ3) is 3.48. The molecular weight excluding hydrogens is 291 g/mol. The van der Waals surface area contributed by atoms with E-state index in [4.69, 9.17) is 18.0 Å². The van der Waals surface area contributed by atoms with Crippen molar-refractivity contribution in [2.75, 3.05) is 10.6 Å². The highest BCUT2D eigenvalue weighted by molar-refractivity contribution is 7.92. The van der Waals surface area contributed by atoms with Crippen molar-refractivity contribution >= 4 is 38.8 Å². The number of carbonyl (C=O) groups excluding carboxylic acids is 1. The van der Waals surface area contributed by atoms with E-state index in [0.717, 1.165) is 18.4 Å². The molecule has 1 rings (SSSR count). The molecule has 2 N–H and O–H groups in total. The zero-order valence-corrected chi connectivity index (χ0v) is 12.0. The summed E-state index contributed by atoms with van der Waals surface area (Å²) in [5.74, 6) is -1.27. The lowest BCUT2D eigenvalue weighted by Crippen LogP contribution is -2.37. The van der Waals surface area contributed by atoms with Crippen LogP contribution in [0, 0.1) is 5.82 Å². The van der Waals surface area contributed by atoms with Gasteiger partial charge >= 0.3 is 0 Å². The molecule has 0 aromatic heterocycles. The summed E-state index contributed by atoms with van der Waals surface area (Å²) in [7, 11) is -3.85. The maximum absolute atomic E-state index is 13.2. The molecule has 0 fully saturated rings. The van der Waals surface area contributed by atoms with Crippen LogP contribution in [0.15, 0.2) is 18.2 Å². The minimum Gasteiger partial charge on any atom is -0.389 e. The number of sulfonamides is 1. The van der Waals surface area contributed by atoms with E-state index < -0.39 is 21.7 Å². The molecule has 1 amide bonds. The van der Waals surface area contributed by atoms with Crippen LogP contribution < -0.4 is 10.0 Å². The maximum Gasteiger partial charge on any atom is 0.240 e. The Morgan fingerprint density at radius 1 is 1.47 bits per heavy atom. The number of hydrogen-bond donors (Lipinski definition) is 1. The van der Waals surface area contributed by atoms with Crippen molar-refractivity contribution in [3.8, 4) is 0 Å². The first-order valence-electron chi connectivity index (χ1n) is 5.31. The SMILES string of the molecule is CCC(=O)N(c1ccc(F)cc1C(N)=S)S(C)(=O)=O. The molecule has 1 aromatic carbocycles. The molecule has 0 spiro atoms. The second kappa shape index (κ2) is 5.62. The Hall–Kier alpha value is -1.54. The normalized spacial score (nSPS) is 11.1. The van der Waals surface area contributed by atoms with Crippen molar-refractivity contribution in [1.29, 1.82) is 0 Å². The topological polar surface area (TPSA) is 80.5 Å². The number of thiocarbonyl (C=S) groups is 1. The van der Waals surface area contributed by atoms with E-state index in [2.05, 4.69) is 0 Å². The van der Waals surface area contributed by atoms with Crippen LogP contribution in [0.5, 0.6) is 0 Å². The Labute approximate surface area is 116 Å². The Balaban J connectivity index is 3.56. The van der Waals surface area contributed by atoms with Crippen molar-refractivity contribution in [3.05, 3.63) is 29.6 Å². The van der Waals surface area contributed by atoms with E-state index in [1.165, 1.54) is 13.0 Å². The predicted molar refractivity (Wildman–Crippen MR) is 74.9 cm³/mol. The van der Waals surface area contributed by atoms with Crippen molar-refractivity contribution in [2.45, 2.75) is 13.3 Å². The number of anilines is 1. The van der Waals surface area contributed by atoms with Gasteiger partial charge < -0.3 is 5.73 Å². The van der Waals surface area contributed by atoms with Crippen molar-refractivity contribution in [1.82, 2.24) is 0 Å². The van der Waals surface area contributed by atoms with Crippen LogP contribution in [-0.2, 0) is 14.8 Å². The monoisotopic (exact) mass is 304 g/mol. The number of hydrogen-bond acceptors (Lipinski definition) is 4. The zero-order chi connectivity index (χ0) is 14.8. The number of amides is 1. The number of nitrogens with two attached hydrogens (primary N) is 1. The van der Waals surface area contributed by atoms with Crippen LogP contribution in [0.25, 0.3) is 0 Å². The lowest BCUT2D eigenvalue weighted by Gasteiger charge is -2.22. The second-order valence-corrected chi connectivity index (χ2v) is 6.07. The molecular formula is C11H13FN2O3S2. The molecule has 1 aromatic rings. The molecule has 0 aliphatic carbocycles. The highest BCUT2D eigenvalue weighted by Gasteiger charge is 2.27. The molecule has 0 aliphatic rings. The largest absolute Gasteiger partial charge is 0.389 e. The van der Waals surface area contributed by atoms with Gasteiger partial charge in [-0.25, -0.2) is 17.1 Å². The van der Waals surface area contributed by atoms with Gasteiger partial charge in [0.25, 0.3) is 0 Å². The van der Waals surface area contributed by atoms with Gasteiger partial charge in [-0.1, -0.05) is 19.1 Å². The molecule has 0 radical (unpaired) electrons. The third-order valence-corrected chi connectivity index (χ3v) is 3.59. The fraction of sp³-hybridized carbons (Fsp3) is 0.273. The van der Waals surface area contributed by atoms with E-state index >= 15 is 0 Å². The summed E-state index contributed by atoms with van der Waals surface area (Å²) in [5.41, 5.74) is 5.40. The number of carbonyl (C=O) groups is 1. The number of halogens is 1. The molecule has 104 valence electrons. The van der Waals surface area contributed by atoms with E-state index in [9.17, 15) is 17.6 Å². The molecule has 19 heavy (non-hydrogen) atoms. The van der Waals surface area contributed by atoms with Crippen molar-refractivity contribution in [3.63, 3.8) is 0 Å². The molecule has 0 saturated heterocycles. The minimum absolute atomic E-state index is 0.00206. The van der Waals surface area contributed by atoms with E-state index in [1.54, 1.807) is 0 Å². The van der Waals surface area contributed by atoms with Crippen LogP contribution in [0.1, 0.15) is 18.9 Å². The average molecular weight is 304 g/mol. The highest BCUT2D eigenvalue weighted by atomic mass is 32.2. The van der Waals surface area contributed by atoms with Crippen LogP contribution in [0.4, 0.5) is 10.1 Å². The first-order valence-corrected chi connectivity index (χ1v) is 7.56. The van der Waals surface area contributed by atoms with Gasteiger partial charge in [-0.15, -0.1) is 0 Å². The summed E-state index contributed by atoms with van der Waals surface area (Å²) in [6.45, 7) is 1.52. The van der Waals surface area contributed by atoms with Gasteiger partial charge in [0.05, 0.1) is 11.9 Å². The third-order valence-electron chi connectivity index (χ3n) is 2.30. The van der Waals surface area contributed by atoms with E-state index in [1.807, 2.05) is 0 Å². The number of benzene rings is 1. The summed E-state index contributed by atoms with van der Waals surface area (Å²) in [5, 5.41) is 0. The fourth-order valence-corrected chi connectivity index (χ4v) is 2.70. The predicted octanol–water partition coefficient (Wildman–Crippen LogP) is 1.16. The Morgan fingerprint density at radius 3 is 2.47 bits per heavy atom. The molecule has 0 aliphatic heterocycles. The van der Waals surface area contributed by atoms with Crippen LogP contribution >= 0.6 is 12.2 Å². The molecule has 8 heteroatoms. The first kappa shape index (κ1) is 15.5. The first-order chi connectivity index (χ1) is 8.68. The Kier molecular flexibility index (Phi) is 4.59. The Bertz CT molecular complexity index is 629. The summed E-state index contributed by atoms with van der Waals surface area (Å²) in [6, 6.07) is 3.20. The minimum atomic E-state index is -3.85. The van der Waals surface area contributed by atoms with Gasteiger partial charge in [0, 0.05) is 12.0 Å². The van der Waals surface area contributed by atoms with Gasteiger partial charge in [0.1, 0.15) is 10.8 Å². The lowest BCUT2D eigenvalue weighted by atomic mass is 10.1. The quantitative estimate of drug-likeness (QED) is 0.844. The van der Waals surface area contributed by atoms with E-state index in [0.29, 0.717) is 4.31 Å². The molecule has 0 unspecified atom stereocenters. The van der Waals surface area contributed by atoms with E-state index in [-0.39, 0.29) is 22.7 Å². The molecule has 0 atom stereocenters. The van der Waals surface area contributed by atoms with Crippen LogP contribution in [0.2, 0.25) is 0 Å². The summed E-state index contributed by atoms with van der Waals surface area (Å²) < 4.78 is 37.2. The summed E-state index contributed by atoms with van der Waals surface area (Å²) in [6.07, 6.45) is 0.856. The summed E-state index contributed by atoms with van der Waals surface area (Å²) in [4.78, 5) is 11.6. The van der Waals surface area contributed by atoms with Crippen molar-refractivity contribution < 1.29 is 17.6 Å². The Morgan fingerprint density at radius 2 is 2.05 bits per heavy atom. The highest BCUT2D eigenvalue weighted by Crippen LogP contribution is 2.25. The van der Waals surface area contributed by atoms with Gasteiger partial charge in [0.2, 0.25) is 15.9 Å². The smallest absolute Gasteiger partial charge is 0.240 e. The number of nitrogens with zero attached hydrogens (tertiary/aromatic N) is 1. The second-order valence-electron chi connectivity index (χ2n) is 3.80. The molecule has 5 nitrogen and oxygen atoms in total. The van der Waals surface area contributed by atoms with Crippen LogP contribution in [0.3, 0.4) is 0 Å². The standard InChI is InChI=1S/C11H13FN2O3S2/c1-3-10(15)14(19(2,16)17)9-5-4-7(12)6-8(9)11(13)18/h4-6H,3H2,1-2H3,(H2,13,18). The van der Waals surface area contributed by atoms with Gasteiger partial charge in [-0.05, 0) is 18.2 Å². The van der Waals surface area contributed by atoms with Crippen LogP contribution in [-0.4, -0.2) is 25.6 Å². The molecule has 0 heterocycles. The van der Waals surface area contributed by atoms with Gasteiger partial charge in [-0.2, -0.15) is 0 Å². The van der Waals surface area contributed by atoms with Gasteiger partial charge in [-0.3, -0.25) is 4.79 Å². The fourth-order valence-electron chi connectivity index (χ4n) is 1.52. The number of rotatable bonds is 4. The lowest BCUT2D eigenvalue weighted by molar-refractivity contribution is -0.117. The maximum atomic E-state index is 13.2. The molecule has 0 saturated carbocycles. The van der Waals surface area contributed by atoms with Gasteiger partial charge in [0.15, 0.2) is 0 Å². The average Bonchev–Trinajstić information content (AvgIpc) is 2.29. The summed E-state index contributed by atoms with van der Waals surface area (Å²) >= 11 is 4.75. The molecule has 0 bridgehead atoms. The zero-order valence-electron chi connectivity index (χ0n) is 10.4. The van der Waals surface area contributed by atoms with Crippen molar-refractivity contribution in [2.24, 2.45) is 5.73 Å².